The van der Waals surface area contributed by atoms with Crippen LogP contribution in [0.25, 0.3) is 0 Å². The van der Waals surface area contributed by atoms with Crippen LogP contribution in [-0.2, 0) is 0 Å². The van der Waals surface area contributed by atoms with Crippen LogP contribution in [0.5, 0.6) is 0 Å². The fraction of sp³-hybridized carbons (Fsp3) is 0.923. The summed E-state index contributed by atoms with van der Waals surface area (Å²) < 4.78 is 0. The van der Waals surface area contributed by atoms with Gasteiger partial charge in [0.25, 0.3) is 0 Å². The van der Waals surface area contributed by atoms with Crippen molar-refractivity contribution in [2.24, 2.45) is 11.1 Å². The number of amidine groups is 1. The summed E-state index contributed by atoms with van der Waals surface area (Å²) >= 11 is 0. The molecule has 0 aromatic rings. The number of nitrogens with zero attached hydrogens (tertiary/aromatic N) is 1. The van der Waals surface area contributed by atoms with E-state index in [0.29, 0.717) is 29.8 Å². The molecule has 1 aliphatic rings. The van der Waals surface area contributed by atoms with Crippen molar-refractivity contribution in [3.05, 3.63) is 0 Å². The lowest BCUT2D eigenvalue weighted by atomic mass is 9.75. The van der Waals surface area contributed by atoms with Gasteiger partial charge in [-0.3, -0.25) is 5.41 Å². The van der Waals surface area contributed by atoms with E-state index in [1.54, 1.807) is 0 Å². The molecule has 0 bridgehead atoms. The molecule has 16 heavy (non-hydrogen) atoms. The van der Waals surface area contributed by atoms with Gasteiger partial charge < -0.3 is 10.6 Å². The fourth-order valence-electron chi connectivity index (χ4n) is 2.61. The third-order valence-corrected chi connectivity index (χ3v) is 4.10. The molecule has 0 aliphatic heterocycles. The Labute approximate surface area is 99.9 Å². The Bertz CT molecular complexity index is 238. The van der Waals surface area contributed by atoms with Crippen molar-refractivity contribution in [1.29, 1.82) is 5.41 Å². The Kier molecular flexibility index (Phi) is 4.36. The lowest BCUT2D eigenvalue weighted by Crippen LogP contribution is -2.43. The zero-order valence-corrected chi connectivity index (χ0v) is 11.2. The van der Waals surface area contributed by atoms with Crippen molar-refractivity contribution in [3.8, 4) is 0 Å². The summed E-state index contributed by atoms with van der Waals surface area (Å²) in [5, 5.41) is 7.35. The number of nitrogens with two attached hydrogens (primary N) is 1. The van der Waals surface area contributed by atoms with E-state index in [4.69, 9.17) is 11.1 Å². The maximum absolute atomic E-state index is 7.35. The average Bonchev–Trinajstić information content (AvgIpc) is 2.15. The monoisotopic (exact) mass is 225 g/mol. The molecule has 1 saturated carbocycles. The van der Waals surface area contributed by atoms with Crippen LogP contribution in [0.1, 0.15) is 52.9 Å². The third-order valence-electron chi connectivity index (χ3n) is 4.10. The van der Waals surface area contributed by atoms with Crippen LogP contribution >= 0.6 is 0 Å². The van der Waals surface area contributed by atoms with Crippen molar-refractivity contribution < 1.29 is 0 Å². The molecule has 0 heterocycles. The minimum absolute atomic E-state index is 0.301. The maximum atomic E-state index is 7.35. The summed E-state index contributed by atoms with van der Waals surface area (Å²) in [6.45, 7) is 6.89. The van der Waals surface area contributed by atoms with Crippen LogP contribution < -0.4 is 5.73 Å². The molecule has 1 fully saturated rings. The predicted molar refractivity (Wildman–Crippen MR) is 69.8 cm³/mol. The molecule has 94 valence electrons. The molecular weight excluding hydrogens is 198 g/mol. The standard InChI is InChI=1S/C13H27N3/c1-10(9-12(14)15)16(4)11-5-7-13(2,3)8-6-11/h10-11H,5-9H2,1-4H3,(H3,14,15). The van der Waals surface area contributed by atoms with E-state index in [1.807, 2.05) is 0 Å². The van der Waals surface area contributed by atoms with Gasteiger partial charge in [0.15, 0.2) is 0 Å². The smallest absolute Gasteiger partial charge is 0.0920 e. The van der Waals surface area contributed by atoms with Gasteiger partial charge in [0.1, 0.15) is 0 Å². The van der Waals surface area contributed by atoms with Gasteiger partial charge in [0.2, 0.25) is 0 Å². The van der Waals surface area contributed by atoms with Crippen LogP contribution in [0.15, 0.2) is 0 Å². The highest BCUT2D eigenvalue weighted by atomic mass is 15.2. The third kappa shape index (κ3) is 3.78. The zero-order valence-electron chi connectivity index (χ0n) is 11.2. The molecule has 0 saturated heterocycles. The van der Waals surface area contributed by atoms with Gasteiger partial charge in [0, 0.05) is 18.5 Å². The predicted octanol–water partition coefficient (Wildman–Crippen LogP) is 2.60. The summed E-state index contributed by atoms with van der Waals surface area (Å²) in [7, 11) is 2.18. The van der Waals surface area contributed by atoms with E-state index < -0.39 is 0 Å². The zero-order chi connectivity index (χ0) is 12.3. The van der Waals surface area contributed by atoms with Crippen molar-refractivity contribution >= 4 is 5.84 Å². The number of nitrogens with one attached hydrogen (secondary N) is 1. The molecule has 1 rings (SSSR count). The quantitative estimate of drug-likeness (QED) is 0.571. The lowest BCUT2D eigenvalue weighted by Gasteiger charge is -2.40. The van der Waals surface area contributed by atoms with Crippen molar-refractivity contribution in [2.45, 2.75) is 65.0 Å². The van der Waals surface area contributed by atoms with E-state index in [1.165, 1.54) is 25.7 Å². The second kappa shape index (κ2) is 5.17. The van der Waals surface area contributed by atoms with E-state index in [0.717, 1.165) is 0 Å². The van der Waals surface area contributed by atoms with Crippen molar-refractivity contribution in [1.82, 2.24) is 4.90 Å². The molecule has 0 amide bonds. The van der Waals surface area contributed by atoms with Crippen LogP contribution in [0.3, 0.4) is 0 Å². The van der Waals surface area contributed by atoms with E-state index in [9.17, 15) is 0 Å². The summed E-state index contributed by atoms with van der Waals surface area (Å²) in [6.07, 6.45) is 5.89. The highest BCUT2D eigenvalue weighted by Crippen LogP contribution is 2.37. The number of rotatable bonds is 4. The minimum Gasteiger partial charge on any atom is -0.388 e. The highest BCUT2D eigenvalue weighted by molar-refractivity contribution is 5.77. The van der Waals surface area contributed by atoms with Gasteiger partial charge >= 0.3 is 0 Å². The maximum Gasteiger partial charge on any atom is 0.0920 e. The van der Waals surface area contributed by atoms with Gasteiger partial charge in [-0.1, -0.05) is 13.8 Å². The fourth-order valence-corrected chi connectivity index (χ4v) is 2.61. The minimum atomic E-state index is 0.301. The highest BCUT2D eigenvalue weighted by Gasteiger charge is 2.30. The number of hydrogen-bond donors (Lipinski definition) is 2. The van der Waals surface area contributed by atoms with Crippen molar-refractivity contribution in [2.75, 3.05) is 7.05 Å². The second-order valence-corrected chi connectivity index (χ2v) is 6.14. The average molecular weight is 225 g/mol. The molecule has 1 unspecified atom stereocenters. The van der Waals surface area contributed by atoms with E-state index in [-0.39, 0.29) is 0 Å². The molecule has 3 heteroatoms. The molecule has 0 spiro atoms. The Morgan fingerprint density at radius 3 is 2.38 bits per heavy atom. The SMILES string of the molecule is CC(CC(=N)N)N(C)C1CCC(C)(C)CC1. The van der Waals surface area contributed by atoms with Gasteiger partial charge in [-0.15, -0.1) is 0 Å². The normalized spacial score (nSPS) is 23.3. The van der Waals surface area contributed by atoms with Crippen LogP contribution in [0.4, 0.5) is 0 Å². The first kappa shape index (κ1) is 13.5. The van der Waals surface area contributed by atoms with Crippen molar-refractivity contribution in [3.63, 3.8) is 0 Å². The molecule has 1 aliphatic carbocycles. The molecule has 3 nitrogen and oxygen atoms in total. The van der Waals surface area contributed by atoms with Gasteiger partial charge in [-0.2, -0.15) is 0 Å². The van der Waals surface area contributed by atoms with Gasteiger partial charge in [-0.25, -0.2) is 0 Å². The van der Waals surface area contributed by atoms with E-state index >= 15 is 0 Å². The second-order valence-electron chi connectivity index (χ2n) is 6.14. The molecule has 0 aromatic carbocycles. The molecule has 0 aromatic heterocycles. The first-order valence-corrected chi connectivity index (χ1v) is 6.37. The molecular formula is C13H27N3. The van der Waals surface area contributed by atoms with Gasteiger partial charge in [0.05, 0.1) is 5.84 Å². The Morgan fingerprint density at radius 2 is 1.94 bits per heavy atom. The summed E-state index contributed by atoms with van der Waals surface area (Å²) in [5.74, 6) is 0.301. The summed E-state index contributed by atoms with van der Waals surface area (Å²) in [4.78, 5) is 2.41. The lowest BCUT2D eigenvalue weighted by molar-refractivity contribution is 0.102. The largest absolute Gasteiger partial charge is 0.388 e. The van der Waals surface area contributed by atoms with Crippen LogP contribution in [0.2, 0.25) is 0 Å². The molecule has 1 atom stereocenters. The van der Waals surface area contributed by atoms with Gasteiger partial charge in [-0.05, 0) is 45.1 Å². The van der Waals surface area contributed by atoms with E-state index in [2.05, 4.69) is 32.7 Å². The first-order valence-electron chi connectivity index (χ1n) is 6.37. The number of hydrogen-bond acceptors (Lipinski definition) is 2. The Hall–Kier alpha value is -0.570. The topological polar surface area (TPSA) is 53.1 Å². The summed E-state index contributed by atoms with van der Waals surface area (Å²) in [5.41, 5.74) is 5.99. The molecule has 3 N–H and O–H groups in total. The first-order chi connectivity index (χ1) is 7.32. The van der Waals surface area contributed by atoms with Crippen LogP contribution in [0, 0.1) is 10.8 Å². The van der Waals surface area contributed by atoms with Crippen LogP contribution in [-0.4, -0.2) is 29.9 Å². The summed E-state index contributed by atoms with van der Waals surface area (Å²) in [6, 6.07) is 1.08. The Morgan fingerprint density at radius 1 is 1.44 bits per heavy atom. The Balaban J connectivity index is 2.43. The molecule has 0 radical (unpaired) electrons.